The molecule has 0 spiro atoms. The molecule has 0 radical (unpaired) electrons. The van der Waals surface area contributed by atoms with Gasteiger partial charge in [-0.2, -0.15) is 0 Å². The number of methoxy groups -OCH3 is 1. The maximum atomic E-state index is 13.1. The van der Waals surface area contributed by atoms with Gasteiger partial charge in [-0.05, 0) is 49.7 Å². The fourth-order valence-electron chi connectivity index (χ4n) is 2.73. The highest BCUT2D eigenvalue weighted by Crippen LogP contribution is 2.28. The molecule has 0 saturated heterocycles. The predicted molar refractivity (Wildman–Crippen MR) is 103 cm³/mol. The number of rotatable bonds is 6. The van der Waals surface area contributed by atoms with Crippen LogP contribution >= 0.6 is 11.6 Å². The van der Waals surface area contributed by atoms with Crippen molar-refractivity contribution in [2.75, 3.05) is 19.9 Å². The van der Waals surface area contributed by atoms with Gasteiger partial charge in [-0.3, -0.25) is 4.79 Å². The number of ether oxygens (including phenoxy) is 1. The Labute approximate surface area is 159 Å². The minimum absolute atomic E-state index is 0.0651. The number of hydrogen-bond donors (Lipinski definition) is 0. The van der Waals surface area contributed by atoms with Crippen molar-refractivity contribution >= 4 is 27.3 Å². The number of carbonyl (C=O) groups excluding carboxylic acids is 1. The molecular formula is C19H22ClNO4S. The van der Waals surface area contributed by atoms with Crippen LogP contribution in [-0.4, -0.2) is 39.1 Å². The van der Waals surface area contributed by atoms with Crippen molar-refractivity contribution in [3.63, 3.8) is 0 Å². The largest absolute Gasteiger partial charge is 0.497 e. The average molecular weight is 396 g/mol. The highest BCUT2D eigenvalue weighted by molar-refractivity contribution is 7.90. The lowest BCUT2D eigenvalue weighted by atomic mass is 10.0. The van der Waals surface area contributed by atoms with Crippen molar-refractivity contribution in [1.82, 2.24) is 4.90 Å². The van der Waals surface area contributed by atoms with Crippen LogP contribution in [-0.2, 0) is 9.84 Å². The summed E-state index contributed by atoms with van der Waals surface area (Å²) in [7, 11) is -1.85. The summed E-state index contributed by atoms with van der Waals surface area (Å²) in [6.07, 6.45) is 1.10. The zero-order valence-electron chi connectivity index (χ0n) is 15.2. The smallest absolute Gasteiger partial charge is 0.255 e. The van der Waals surface area contributed by atoms with Crippen LogP contribution < -0.4 is 4.74 Å². The highest BCUT2D eigenvalue weighted by atomic mass is 35.5. The SMILES string of the molecule is CCN(C(=O)c1cc(S(C)(=O)=O)ccc1Cl)C(C)c1cccc(OC)c1. The molecule has 0 saturated carbocycles. The summed E-state index contributed by atoms with van der Waals surface area (Å²) in [5, 5.41) is 0.221. The number of nitrogens with zero attached hydrogens (tertiary/aromatic N) is 1. The number of sulfone groups is 1. The molecule has 2 aromatic rings. The molecule has 5 nitrogen and oxygen atoms in total. The van der Waals surface area contributed by atoms with E-state index in [2.05, 4.69) is 0 Å². The lowest BCUT2D eigenvalue weighted by Gasteiger charge is -2.29. The third kappa shape index (κ3) is 4.37. The molecule has 0 bridgehead atoms. The Balaban J connectivity index is 2.42. The number of amides is 1. The Bertz CT molecular complexity index is 912. The second-order valence-electron chi connectivity index (χ2n) is 5.96. The molecule has 2 aromatic carbocycles. The normalized spacial score (nSPS) is 12.5. The van der Waals surface area contributed by atoms with Crippen LogP contribution in [0.15, 0.2) is 47.4 Å². The van der Waals surface area contributed by atoms with Crippen molar-refractivity contribution in [1.29, 1.82) is 0 Å². The Kier molecular flexibility index (Phi) is 6.31. The summed E-state index contributed by atoms with van der Waals surface area (Å²) in [6.45, 7) is 4.21. The molecule has 1 amide bonds. The van der Waals surface area contributed by atoms with E-state index in [0.717, 1.165) is 11.8 Å². The Morgan fingerprint density at radius 3 is 2.50 bits per heavy atom. The first-order valence-electron chi connectivity index (χ1n) is 8.13. The number of benzene rings is 2. The summed E-state index contributed by atoms with van der Waals surface area (Å²) in [5.74, 6) is 0.383. The van der Waals surface area contributed by atoms with Gasteiger partial charge < -0.3 is 9.64 Å². The molecule has 0 N–H and O–H groups in total. The molecule has 0 heterocycles. The topological polar surface area (TPSA) is 63.7 Å². The van der Waals surface area contributed by atoms with Crippen molar-refractivity contribution < 1.29 is 17.9 Å². The van der Waals surface area contributed by atoms with Crippen LogP contribution in [0.25, 0.3) is 0 Å². The fourth-order valence-corrected chi connectivity index (χ4v) is 3.57. The molecule has 1 unspecified atom stereocenters. The van der Waals surface area contributed by atoms with Gasteiger partial charge >= 0.3 is 0 Å². The van der Waals surface area contributed by atoms with Crippen LogP contribution in [0, 0.1) is 0 Å². The summed E-state index contributed by atoms with van der Waals surface area (Å²) in [6, 6.07) is 11.4. The predicted octanol–water partition coefficient (Wildman–Crippen LogP) is 3.98. The molecular weight excluding hydrogens is 374 g/mol. The zero-order chi connectivity index (χ0) is 19.5. The maximum absolute atomic E-state index is 13.1. The fraction of sp³-hybridized carbons (Fsp3) is 0.316. The maximum Gasteiger partial charge on any atom is 0.255 e. The summed E-state index contributed by atoms with van der Waals surface area (Å²) in [5.41, 5.74) is 1.08. The molecule has 140 valence electrons. The standard InChI is InChI=1S/C19H22ClNO4S/c1-5-21(13(2)14-7-6-8-15(11-14)25-3)19(22)17-12-16(26(4,23)24)9-10-18(17)20/h6-13H,5H2,1-4H3. The van der Waals surface area contributed by atoms with Crippen molar-refractivity contribution in [2.24, 2.45) is 0 Å². The Hall–Kier alpha value is -2.05. The first kappa shape index (κ1) is 20.3. The van der Waals surface area contributed by atoms with E-state index in [1.807, 2.05) is 38.1 Å². The van der Waals surface area contributed by atoms with Gasteiger partial charge in [0.2, 0.25) is 0 Å². The zero-order valence-corrected chi connectivity index (χ0v) is 16.8. The van der Waals surface area contributed by atoms with Gasteiger partial charge in [0, 0.05) is 12.8 Å². The van der Waals surface area contributed by atoms with Crippen molar-refractivity contribution in [3.05, 3.63) is 58.6 Å². The lowest BCUT2D eigenvalue weighted by molar-refractivity contribution is 0.0702. The second kappa shape index (κ2) is 8.10. The van der Waals surface area contributed by atoms with Gasteiger partial charge in [-0.1, -0.05) is 23.7 Å². The van der Waals surface area contributed by atoms with E-state index < -0.39 is 9.84 Å². The Morgan fingerprint density at radius 2 is 1.92 bits per heavy atom. The molecule has 26 heavy (non-hydrogen) atoms. The second-order valence-corrected chi connectivity index (χ2v) is 8.38. The van der Waals surface area contributed by atoms with E-state index in [1.54, 1.807) is 12.0 Å². The first-order chi connectivity index (χ1) is 12.2. The molecule has 7 heteroatoms. The van der Waals surface area contributed by atoms with E-state index in [4.69, 9.17) is 16.3 Å². The van der Waals surface area contributed by atoms with Crippen LogP contribution in [0.2, 0.25) is 5.02 Å². The molecule has 0 aliphatic heterocycles. The molecule has 0 aromatic heterocycles. The van der Waals surface area contributed by atoms with Crippen molar-refractivity contribution in [2.45, 2.75) is 24.8 Å². The van der Waals surface area contributed by atoms with Crippen molar-refractivity contribution in [3.8, 4) is 5.75 Å². The van der Waals surface area contributed by atoms with Gasteiger partial charge in [-0.15, -0.1) is 0 Å². The van der Waals surface area contributed by atoms with Crippen LogP contribution in [0.5, 0.6) is 5.75 Å². The minimum Gasteiger partial charge on any atom is -0.497 e. The molecule has 0 aliphatic carbocycles. The van der Waals surface area contributed by atoms with Gasteiger partial charge in [0.05, 0.1) is 28.6 Å². The van der Waals surface area contributed by atoms with Crippen LogP contribution in [0.3, 0.4) is 0 Å². The van der Waals surface area contributed by atoms with Crippen LogP contribution in [0.1, 0.15) is 35.8 Å². The van der Waals surface area contributed by atoms with E-state index >= 15 is 0 Å². The quantitative estimate of drug-likeness (QED) is 0.742. The molecule has 0 aliphatic rings. The molecule has 2 rings (SSSR count). The lowest BCUT2D eigenvalue weighted by Crippen LogP contribution is -2.33. The number of hydrogen-bond acceptors (Lipinski definition) is 4. The molecule has 0 fully saturated rings. The third-order valence-electron chi connectivity index (χ3n) is 4.24. The van der Waals surface area contributed by atoms with Gasteiger partial charge in [-0.25, -0.2) is 8.42 Å². The Morgan fingerprint density at radius 1 is 1.23 bits per heavy atom. The van der Waals surface area contributed by atoms with E-state index in [-0.39, 0.29) is 27.4 Å². The first-order valence-corrected chi connectivity index (χ1v) is 10.4. The van der Waals surface area contributed by atoms with E-state index in [9.17, 15) is 13.2 Å². The minimum atomic E-state index is -3.44. The van der Waals surface area contributed by atoms with E-state index in [0.29, 0.717) is 12.3 Å². The summed E-state index contributed by atoms with van der Waals surface area (Å²) in [4.78, 5) is 14.8. The molecule has 1 atom stereocenters. The number of carbonyl (C=O) groups is 1. The monoisotopic (exact) mass is 395 g/mol. The van der Waals surface area contributed by atoms with Gasteiger partial charge in [0.25, 0.3) is 5.91 Å². The van der Waals surface area contributed by atoms with E-state index in [1.165, 1.54) is 18.2 Å². The van der Waals surface area contributed by atoms with Gasteiger partial charge in [0.15, 0.2) is 9.84 Å². The average Bonchev–Trinajstić information content (AvgIpc) is 2.61. The van der Waals surface area contributed by atoms with Gasteiger partial charge in [0.1, 0.15) is 5.75 Å². The number of halogens is 1. The third-order valence-corrected chi connectivity index (χ3v) is 5.68. The summed E-state index contributed by atoms with van der Waals surface area (Å²) >= 11 is 6.18. The highest BCUT2D eigenvalue weighted by Gasteiger charge is 2.24. The van der Waals surface area contributed by atoms with Crippen LogP contribution in [0.4, 0.5) is 0 Å². The summed E-state index contributed by atoms with van der Waals surface area (Å²) < 4.78 is 28.8.